The number of aryl methyl sites for hydroxylation is 3. The molecule has 0 unspecified atom stereocenters. The number of aromatic nitrogens is 4. The number of carbonyl (C=O) groups is 1. The average Bonchev–Trinajstić information content (AvgIpc) is 3.31. The minimum absolute atomic E-state index is 0.156. The van der Waals surface area contributed by atoms with Gasteiger partial charge in [0, 0.05) is 22.8 Å². The van der Waals surface area contributed by atoms with Crippen molar-refractivity contribution < 1.29 is 9.90 Å². The molecule has 0 aliphatic carbocycles. The zero-order chi connectivity index (χ0) is 22.7. The number of nitrogens with two attached hydrogens (primary N) is 1. The number of carbonyl (C=O) groups excluding carboxylic acids is 1. The second kappa shape index (κ2) is 6.95. The summed E-state index contributed by atoms with van der Waals surface area (Å²) in [7, 11) is 0. The Hall–Kier alpha value is -4.13. The Morgan fingerprint density at radius 1 is 1.03 bits per heavy atom. The minimum atomic E-state index is -0.268. The van der Waals surface area contributed by atoms with Crippen LogP contribution in [0.15, 0.2) is 48.7 Å². The van der Waals surface area contributed by atoms with Crippen molar-refractivity contribution in [2.45, 2.75) is 27.7 Å². The number of pyridine rings is 2. The van der Waals surface area contributed by atoms with Crippen LogP contribution >= 0.6 is 0 Å². The third kappa shape index (κ3) is 2.78. The van der Waals surface area contributed by atoms with Gasteiger partial charge in [0.2, 0.25) is 5.78 Å². The Balaban J connectivity index is 1.85. The summed E-state index contributed by atoms with van der Waals surface area (Å²) >= 11 is 0. The zero-order valence-electron chi connectivity index (χ0n) is 18.3. The highest BCUT2D eigenvalue weighted by Gasteiger charge is 2.27. The Labute approximate surface area is 184 Å². The lowest BCUT2D eigenvalue weighted by atomic mass is 10.1. The van der Waals surface area contributed by atoms with Gasteiger partial charge in [-0.05, 0) is 69.2 Å². The zero-order valence-corrected chi connectivity index (χ0v) is 18.3. The molecule has 0 bridgehead atoms. The van der Waals surface area contributed by atoms with Crippen molar-refractivity contribution in [2.24, 2.45) is 0 Å². The van der Waals surface area contributed by atoms with E-state index in [0.29, 0.717) is 27.9 Å². The van der Waals surface area contributed by atoms with Crippen LogP contribution in [0.3, 0.4) is 0 Å². The van der Waals surface area contributed by atoms with Gasteiger partial charge in [0.25, 0.3) is 0 Å². The highest BCUT2D eigenvalue weighted by atomic mass is 16.3. The molecule has 32 heavy (non-hydrogen) atoms. The fourth-order valence-electron chi connectivity index (χ4n) is 4.22. The molecule has 7 heteroatoms. The second-order valence-corrected chi connectivity index (χ2v) is 8.16. The number of nitrogen functional groups attached to an aromatic ring is 1. The van der Waals surface area contributed by atoms with Gasteiger partial charge in [-0.3, -0.25) is 9.36 Å². The van der Waals surface area contributed by atoms with Crippen molar-refractivity contribution in [3.8, 4) is 11.4 Å². The van der Waals surface area contributed by atoms with Crippen molar-refractivity contribution in [1.29, 1.82) is 0 Å². The van der Waals surface area contributed by atoms with Crippen molar-refractivity contribution in [2.75, 3.05) is 5.73 Å². The molecule has 0 spiro atoms. The molecule has 0 saturated carbocycles. The normalized spacial score (nSPS) is 11.5. The summed E-state index contributed by atoms with van der Waals surface area (Å²) in [5, 5.41) is 15.5. The quantitative estimate of drug-likeness (QED) is 0.417. The van der Waals surface area contributed by atoms with Gasteiger partial charge in [-0.2, -0.15) is 5.10 Å². The molecule has 5 rings (SSSR count). The maximum atomic E-state index is 13.7. The Morgan fingerprint density at radius 2 is 1.81 bits per heavy atom. The Bertz CT molecular complexity index is 1530. The molecule has 0 fully saturated rings. The predicted octanol–water partition coefficient (Wildman–Crippen LogP) is 4.43. The van der Waals surface area contributed by atoms with E-state index in [9.17, 15) is 9.90 Å². The van der Waals surface area contributed by atoms with Crippen LogP contribution < -0.4 is 5.73 Å². The maximum Gasteiger partial charge on any atom is 0.217 e. The number of hydrogen-bond acceptors (Lipinski definition) is 5. The number of aromatic hydroxyl groups is 1. The van der Waals surface area contributed by atoms with Crippen LogP contribution in [0, 0.1) is 27.7 Å². The van der Waals surface area contributed by atoms with E-state index in [2.05, 4.69) is 5.10 Å². The first-order valence-corrected chi connectivity index (χ1v) is 10.3. The van der Waals surface area contributed by atoms with Crippen LogP contribution in [0.4, 0.5) is 5.82 Å². The Morgan fingerprint density at radius 3 is 2.56 bits per heavy atom. The summed E-state index contributed by atoms with van der Waals surface area (Å²) in [5.74, 6) is 0.163. The summed E-state index contributed by atoms with van der Waals surface area (Å²) in [6.45, 7) is 7.65. The third-order valence-electron chi connectivity index (χ3n) is 6.08. The molecular formula is C25H23N5O2. The predicted molar refractivity (Wildman–Crippen MR) is 125 cm³/mol. The van der Waals surface area contributed by atoms with E-state index >= 15 is 0 Å². The molecule has 4 heterocycles. The first-order valence-electron chi connectivity index (χ1n) is 10.3. The molecule has 0 saturated heterocycles. The lowest BCUT2D eigenvalue weighted by molar-refractivity contribution is 0.103. The maximum absolute atomic E-state index is 13.7. The van der Waals surface area contributed by atoms with Crippen LogP contribution in [0.25, 0.3) is 22.2 Å². The molecule has 1 aromatic carbocycles. The van der Waals surface area contributed by atoms with E-state index in [0.717, 1.165) is 28.0 Å². The van der Waals surface area contributed by atoms with Crippen LogP contribution in [-0.4, -0.2) is 30.1 Å². The van der Waals surface area contributed by atoms with Gasteiger partial charge in [0.15, 0.2) is 0 Å². The fraction of sp³-hybridized carbons (Fsp3) is 0.160. The lowest BCUT2D eigenvalue weighted by Crippen LogP contribution is -2.09. The topological polar surface area (TPSA) is 98.4 Å². The minimum Gasteiger partial charge on any atom is -0.508 e. The van der Waals surface area contributed by atoms with E-state index in [4.69, 9.17) is 10.7 Å². The first kappa shape index (κ1) is 19.8. The van der Waals surface area contributed by atoms with E-state index in [1.165, 1.54) is 0 Å². The molecule has 0 atom stereocenters. The van der Waals surface area contributed by atoms with Crippen LogP contribution in [0.5, 0.6) is 5.75 Å². The molecule has 4 aromatic heterocycles. The molecule has 7 nitrogen and oxygen atoms in total. The van der Waals surface area contributed by atoms with Gasteiger partial charge in [-0.25, -0.2) is 9.50 Å². The molecule has 0 radical (unpaired) electrons. The SMILES string of the molecule is Cc1cc2c(C(=O)c3cc4ccccn4n3)c(N)n(-c3c(C)ccc(O)c3C)c2nc1C. The molecule has 0 aliphatic heterocycles. The second-order valence-electron chi connectivity index (χ2n) is 8.16. The summed E-state index contributed by atoms with van der Waals surface area (Å²) in [6, 6.07) is 12.8. The highest BCUT2D eigenvalue weighted by molar-refractivity contribution is 6.19. The monoisotopic (exact) mass is 425 g/mol. The largest absolute Gasteiger partial charge is 0.508 e. The van der Waals surface area contributed by atoms with E-state index in [1.54, 1.807) is 27.4 Å². The number of benzene rings is 1. The number of ketones is 1. The average molecular weight is 425 g/mol. The summed E-state index contributed by atoms with van der Waals surface area (Å²) < 4.78 is 3.44. The van der Waals surface area contributed by atoms with Gasteiger partial charge >= 0.3 is 0 Å². The number of hydrogen-bond donors (Lipinski definition) is 2. The first-order chi connectivity index (χ1) is 15.3. The highest BCUT2D eigenvalue weighted by Crippen LogP contribution is 2.37. The van der Waals surface area contributed by atoms with Crippen molar-refractivity contribution in [1.82, 2.24) is 19.2 Å². The molecule has 0 amide bonds. The molecule has 0 aliphatic rings. The van der Waals surface area contributed by atoms with Crippen LogP contribution in [-0.2, 0) is 0 Å². The van der Waals surface area contributed by atoms with Crippen LogP contribution in [0.1, 0.15) is 38.4 Å². The Kier molecular flexibility index (Phi) is 4.30. The van der Waals surface area contributed by atoms with Crippen molar-refractivity contribution >= 4 is 28.2 Å². The van der Waals surface area contributed by atoms with E-state index in [-0.39, 0.29) is 17.4 Å². The number of phenols is 1. The number of phenolic OH excluding ortho intramolecular Hbond substituents is 1. The van der Waals surface area contributed by atoms with Crippen molar-refractivity contribution in [3.05, 3.63) is 82.3 Å². The lowest BCUT2D eigenvalue weighted by Gasteiger charge is -2.15. The summed E-state index contributed by atoms with van der Waals surface area (Å²) in [6.07, 6.45) is 1.80. The number of fused-ring (bicyclic) bond motifs is 2. The van der Waals surface area contributed by atoms with Gasteiger partial charge in [0.1, 0.15) is 22.9 Å². The molecular weight excluding hydrogens is 402 g/mol. The summed E-state index contributed by atoms with van der Waals surface area (Å²) in [5.41, 5.74) is 12.8. The van der Waals surface area contributed by atoms with Gasteiger partial charge in [-0.1, -0.05) is 12.1 Å². The van der Waals surface area contributed by atoms with E-state index in [1.807, 2.05) is 58.0 Å². The molecule has 5 aromatic rings. The summed E-state index contributed by atoms with van der Waals surface area (Å²) in [4.78, 5) is 18.5. The number of nitrogens with zero attached hydrogens (tertiary/aromatic N) is 4. The smallest absolute Gasteiger partial charge is 0.217 e. The number of anilines is 1. The molecule has 160 valence electrons. The fourth-order valence-corrected chi connectivity index (χ4v) is 4.22. The van der Waals surface area contributed by atoms with Gasteiger partial charge < -0.3 is 10.8 Å². The molecule has 3 N–H and O–H groups in total. The van der Waals surface area contributed by atoms with Crippen molar-refractivity contribution in [3.63, 3.8) is 0 Å². The van der Waals surface area contributed by atoms with Gasteiger partial charge in [-0.15, -0.1) is 0 Å². The van der Waals surface area contributed by atoms with Crippen LogP contribution in [0.2, 0.25) is 0 Å². The third-order valence-corrected chi connectivity index (χ3v) is 6.08. The van der Waals surface area contributed by atoms with E-state index < -0.39 is 0 Å². The number of rotatable bonds is 3. The van der Waals surface area contributed by atoms with Gasteiger partial charge in [0.05, 0.1) is 16.8 Å². The standard InChI is InChI=1S/C25H23N5O2/c1-13-8-9-20(31)15(3)22(13)30-24(26)21(18-11-14(2)16(4)27-25(18)30)23(32)19-12-17-7-5-6-10-29(17)28-19/h5-12,31H,26H2,1-4H3.